The van der Waals surface area contributed by atoms with Crippen LogP contribution in [-0.4, -0.2) is 18.9 Å². The van der Waals surface area contributed by atoms with Crippen LogP contribution in [0.25, 0.3) is 5.57 Å². The molecule has 0 bridgehead atoms. The molecule has 0 saturated carbocycles. The van der Waals surface area contributed by atoms with Crippen LogP contribution in [0.1, 0.15) is 27.8 Å². The zero-order valence-corrected chi connectivity index (χ0v) is 20.0. The van der Waals surface area contributed by atoms with Gasteiger partial charge in [-0.2, -0.15) is 0 Å². The van der Waals surface area contributed by atoms with E-state index in [1.807, 2.05) is 64.1 Å². The zero-order valence-electron chi connectivity index (χ0n) is 19.2. The van der Waals surface area contributed by atoms with Gasteiger partial charge in [-0.1, -0.05) is 35.9 Å². The van der Waals surface area contributed by atoms with Gasteiger partial charge in [0, 0.05) is 5.02 Å². The van der Waals surface area contributed by atoms with Gasteiger partial charge in [0.25, 0.3) is 11.8 Å². The maximum absolute atomic E-state index is 13.7. The van der Waals surface area contributed by atoms with Crippen LogP contribution in [0.2, 0.25) is 5.02 Å². The zero-order chi connectivity index (χ0) is 23.9. The number of nitrogens with one attached hydrogen (secondary N) is 1. The highest BCUT2D eigenvalue weighted by atomic mass is 35.5. The van der Waals surface area contributed by atoms with Gasteiger partial charge in [0.2, 0.25) is 0 Å². The Morgan fingerprint density at radius 2 is 1.58 bits per heavy atom. The number of anilines is 2. The Morgan fingerprint density at radius 1 is 0.818 bits per heavy atom. The molecule has 0 aromatic heterocycles. The number of benzene rings is 3. The van der Waals surface area contributed by atoms with E-state index in [1.54, 1.807) is 25.3 Å². The summed E-state index contributed by atoms with van der Waals surface area (Å²) in [5.74, 6) is -0.237. The lowest BCUT2D eigenvalue weighted by atomic mass is 9.99. The molecule has 2 amide bonds. The molecular formula is C27H25ClN2O3. The predicted octanol–water partition coefficient (Wildman–Crippen LogP) is 5.98. The van der Waals surface area contributed by atoms with Crippen LogP contribution < -0.4 is 15.0 Å². The van der Waals surface area contributed by atoms with Crippen molar-refractivity contribution in [3.8, 4) is 5.75 Å². The maximum atomic E-state index is 13.7. The Bertz CT molecular complexity index is 1330. The minimum atomic E-state index is -0.429. The van der Waals surface area contributed by atoms with Crippen molar-refractivity contribution in [3.63, 3.8) is 0 Å². The quantitative estimate of drug-likeness (QED) is 0.476. The van der Waals surface area contributed by atoms with Crippen molar-refractivity contribution < 1.29 is 14.3 Å². The van der Waals surface area contributed by atoms with E-state index in [0.29, 0.717) is 33.3 Å². The first-order valence-corrected chi connectivity index (χ1v) is 11.0. The minimum absolute atomic E-state index is 0.210. The number of carbonyl (C=O) groups excluding carboxylic acids is 2. The SMILES string of the molecule is COc1ccc(C)cc1NC1=C(c2ccc(C)c(C)c2)C(=O)N(c2ccc(Cl)cc2C)C1=O. The van der Waals surface area contributed by atoms with Gasteiger partial charge in [0.1, 0.15) is 11.4 Å². The highest BCUT2D eigenvalue weighted by Crippen LogP contribution is 2.37. The van der Waals surface area contributed by atoms with Crippen molar-refractivity contribution in [1.29, 1.82) is 0 Å². The molecule has 33 heavy (non-hydrogen) atoms. The molecule has 0 spiro atoms. The number of aryl methyl sites for hydroxylation is 4. The lowest BCUT2D eigenvalue weighted by Crippen LogP contribution is -2.33. The molecule has 1 aliphatic heterocycles. The summed E-state index contributed by atoms with van der Waals surface area (Å²) >= 11 is 6.11. The fraction of sp³-hybridized carbons (Fsp3) is 0.185. The Labute approximate surface area is 198 Å². The van der Waals surface area contributed by atoms with E-state index in [2.05, 4.69) is 5.32 Å². The van der Waals surface area contributed by atoms with Gasteiger partial charge < -0.3 is 10.1 Å². The van der Waals surface area contributed by atoms with Crippen molar-refractivity contribution >= 4 is 40.4 Å². The van der Waals surface area contributed by atoms with E-state index in [1.165, 1.54) is 4.90 Å². The molecule has 1 aliphatic rings. The van der Waals surface area contributed by atoms with Crippen LogP contribution in [-0.2, 0) is 9.59 Å². The standard InChI is InChI=1S/C27H25ClN2O3/c1-15-6-11-23(33-5)21(12-15)29-25-24(19-8-7-16(2)17(3)13-19)26(31)30(27(25)32)22-10-9-20(28)14-18(22)4/h6-14,29H,1-5H3. The van der Waals surface area contributed by atoms with Crippen LogP contribution >= 0.6 is 11.6 Å². The summed E-state index contributed by atoms with van der Waals surface area (Å²) in [7, 11) is 1.57. The highest BCUT2D eigenvalue weighted by Gasteiger charge is 2.41. The Kier molecular flexibility index (Phi) is 6.00. The first-order chi connectivity index (χ1) is 15.7. The molecule has 6 heteroatoms. The highest BCUT2D eigenvalue weighted by molar-refractivity contribution is 6.46. The van der Waals surface area contributed by atoms with Gasteiger partial charge in [0.05, 0.1) is 24.1 Å². The van der Waals surface area contributed by atoms with Crippen molar-refractivity contribution in [1.82, 2.24) is 0 Å². The van der Waals surface area contributed by atoms with Crippen molar-refractivity contribution in [2.24, 2.45) is 0 Å². The number of methoxy groups -OCH3 is 1. The second-order valence-electron chi connectivity index (χ2n) is 8.25. The van der Waals surface area contributed by atoms with Crippen LogP contribution in [0.15, 0.2) is 60.3 Å². The molecule has 0 radical (unpaired) electrons. The summed E-state index contributed by atoms with van der Waals surface area (Å²) in [5.41, 5.74) is 6.20. The van der Waals surface area contributed by atoms with Crippen molar-refractivity contribution in [2.75, 3.05) is 17.3 Å². The number of hydrogen-bond acceptors (Lipinski definition) is 4. The summed E-state index contributed by atoms with van der Waals surface area (Å²) in [5, 5.41) is 3.75. The van der Waals surface area contributed by atoms with E-state index in [4.69, 9.17) is 16.3 Å². The Hall–Kier alpha value is -3.57. The number of imide groups is 1. The Balaban J connectivity index is 1.89. The van der Waals surface area contributed by atoms with E-state index >= 15 is 0 Å². The number of ether oxygens (including phenoxy) is 1. The van der Waals surface area contributed by atoms with Crippen molar-refractivity contribution in [2.45, 2.75) is 27.7 Å². The summed E-state index contributed by atoms with van der Waals surface area (Å²) < 4.78 is 5.48. The molecule has 0 fully saturated rings. The molecule has 0 aliphatic carbocycles. The number of amides is 2. The number of nitrogens with zero attached hydrogens (tertiary/aromatic N) is 1. The number of halogens is 1. The van der Waals surface area contributed by atoms with Gasteiger partial charge in [-0.25, -0.2) is 4.90 Å². The number of carbonyl (C=O) groups is 2. The van der Waals surface area contributed by atoms with Gasteiger partial charge in [-0.05, 0) is 85.8 Å². The van der Waals surface area contributed by atoms with Crippen LogP contribution in [0.5, 0.6) is 5.75 Å². The largest absolute Gasteiger partial charge is 0.495 e. The summed E-state index contributed by atoms with van der Waals surface area (Å²) in [6, 6.07) is 16.5. The third kappa shape index (κ3) is 4.12. The molecule has 1 heterocycles. The molecule has 3 aromatic rings. The molecule has 1 N–H and O–H groups in total. The summed E-state index contributed by atoms with van der Waals surface area (Å²) in [6.45, 7) is 7.77. The third-order valence-corrected chi connectivity index (χ3v) is 6.13. The lowest BCUT2D eigenvalue weighted by Gasteiger charge is -2.18. The fourth-order valence-electron chi connectivity index (χ4n) is 3.95. The maximum Gasteiger partial charge on any atom is 0.282 e. The average Bonchev–Trinajstić information content (AvgIpc) is 3.00. The van der Waals surface area contributed by atoms with E-state index in [-0.39, 0.29) is 11.6 Å². The first kappa shape index (κ1) is 22.6. The Morgan fingerprint density at radius 3 is 2.24 bits per heavy atom. The molecule has 168 valence electrons. The van der Waals surface area contributed by atoms with E-state index in [0.717, 1.165) is 22.3 Å². The van der Waals surface area contributed by atoms with E-state index in [9.17, 15) is 9.59 Å². The van der Waals surface area contributed by atoms with Gasteiger partial charge in [-0.3, -0.25) is 9.59 Å². The second kappa shape index (κ2) is 8.75. The van der Waals surface area contributed by atoms with Crippen molar-refractivity contribution in [3.05, 3.63) is 93.1 Å². The second-order valence-corrected chi connectivity index (χ2v) is 8.69. The molecule has 0 saturated heterocycles. The van der Waals surface area contributed by atoms with Crippen LogP contribution in [0.3, 0.4) is 0 Å². The van der Waals surface area contributed by atoms with Crippen LogP contribution in [0, 0.1) is 27.7 Å². The van der Waals surface area contributed by atoms with Gasteiger partial charge in [0.15, 0.2) is 0 Å². The molecular weight excluding hydrogens is 436 g/mol. The monoisotopic (exact) mass is 460 g/mol. The fourth-order valence-corrected chi connectivity index (χ4v) is 4.18. The normalized spacial score (nSPS) is 13.7. The van der Waals surface area contributed by atoms with E-state index < -0.39 is 5.91 Å². The molecule has 3 aromatic carbocycles. The first-order valence-electron chi connectivity index (χ1n) is 10.6. The lowest BCUT2D eigenvalue weighted by molar-refractivity contribution is -0.120. The topological polar surface area (TPSA) is 58.6 Å². The third-order valence-electron chi connectivity index (χ3n) is 5.89. The number of hydrogen-bond donors (Lipinski definition) is 1. The molecule has 0 atom stereocenters. The molecule has 5 nitrogen and oxygen atoms in total. The smallest absolute Gasteiger partial charge is 0.282 e. The molecule has 0 unspecified atom stereocenters. The van der Waals surface area contributed by atoms with Crippen LogP contribution in [0.4, 0.5) is 11.4 Å². The van der Waals surface area contributed by atoms with Gasteiger partial charge >= 0.3 is 0 Å². The summed E-state index contributed by atoms with van der Waals surface area (Å²) in [4.78, 5) is 28.6. The summed E-state index contributed by atoms with van der Waals surface area (Å²) in [6.07, 6.45) is 0. The average molecular weight is 461 g/mol. The van der Waals surface area contributed by atoms with Gasteiger partial charge in [-0.15, -0.1) is 0 Å². The molecule has 4 rings (SSSR count). The predicted molar refractivity (Wildman–Crippen MR) is 133 cm³/mol. The minimum Gasteiger partial charge on any atom is -0.495 e. The number of rotatable bonds is 5.